The van der Waals surface area contributed by atoms with Gasteiger partial charge in [-0.3, -0.25) is 14.4 Å². The first-order valence-corrected chi connectivity index (χ1v) is 22.0. The highest BCUT2D eigenvalue weighted by Gasteiger charge is 2.61. The van der Waals surface area contributed by atoms with E-state index in [4.69, 9.17) is 42.6 Å². The zero-order valence-corrected chi connectivity index (χ0v) is 38.2. The van der Waals surface area contributed by atoms with Crippen molar-refractivity contribution in [2.45, 2.75) is 180 Å². The third-order valence-corrected chi connectivity index (χ3v) is 12.0. The highest BCUT2D eigenvalue weighted by molar-refractivity contribution is 5.77. The summed E-state index contributed by atoms with van der Waals surface area (Å²) in [5.41, 5.74) is 0. The van der Waals surface area contributed by atoms with E-state index in [0.29, 0.717) is 0 Å². The SMILES string of the molecule is CC(=O)N[C@H]1[C@H](O[C@H]2[C@@H](O)[C@@H](CO)O[C@@H](O[C@@H]([C@H](O)[C@@H](O)CO)[C@H](O)CO)[C@@H]2O)O[C@H](CO)[C@@H](O[C@@H]2O[C@H](CO)[C@H](O)[C@H](O[C@]3(C(=O)O)C[C@H](OC(C)=O)[C@@H](NC(C)=O)[C@H]([C@H](O)[C@H](O)CO)O3)[C@H]2O)[C@@H]1O. The number of carbonyl (C=O) groups is 4. The van der Waals surface area contributed by atoms with E-state index in [-0.39, 0.29) is 0 Å². The fourth-order valence-corrected chi connectivity index (χ4v) is 8.44. The van der Waals surface area contributed by atoms with Crippen LogP contribution in [0.1, 0.15) is 27.2 Å². The van der Waals surface area contributed by atoms with Crippen LogP contribution in [0.3, 0.4) is 0 Å². The molecule has 25 atom stereocenters. The second kappa shape index (κ2) is 26.4. The molecule has 32 nitrogen and oxygen atoms in total. The first kappa shape index (κ1) is 60.5. The zero-order chi connectivity index (χ0) is 53.4. The van der Waals surface area contributed by atoms with Crippen molar-refractivity contribution < 1.29 is 149 Å². The minimum atomic E-state index is -3.22. The molecule has 4 rings (SSSR count). The maximum absolute atomic E-state index is 13.2. The number of hydrogen-bond acceptors (Lipinski definition) is 29. The van der Waals surface area contributed by atoms with Crippen LogP contribution in [-0.4, -0.2) is 303 Å². The minimum absolute atomic E-state index is 0.832. The average Bonchev–Trinajstić information content (AvgIpc) is 3.32. The predicted octanol–water partition coefficient (Wildman–Crippen LogP) is -12.2. The largest absolute Gasteiger partial charge is 0.477 e. The number of esters is 1. The summed E-state index contributed by atoms with van der Waals surface area (Å²) in [7, 11) is 0. The maximum atomic E-state index is 13.2. The fourth-order valence-electron chi connectivity index (χ4n) is 8.44. The number of aliphatic carboxylic acids is 1. The van der Waals surface area contributed by atoms with E-state index in [0.717, 1.165) is 20.8 Å². The molecule has 412 valence electrons. The molecule has 0 unspecified atom stereocenters. The molecule has 32 heteroatoms. The van der Waals surface area contributed by atoms with Gasteiger partial charge in [-0.1, -0.05) is 0 Å². The van der Waals surface area contributed by atoms with E-state index >= 15 is 0 Å². The second-order valence-electron chi connectivity index (χ2n) is 17.2. The van der Waals surface area contributed by atoms with Gasteiger partial charge in [0.1, 0.15) is 122 Å². The number of amides is 2. The number of aliphatic hydroxyl groups excluding tert-OH is 16. The molecule has 0 bridgehead atoms. The number of aliphatic hydroxyl groups is 16. The van der Waals surface area contributed by atoms with Crippen LogP contribution in [0.15, 0.2) is 0 Å². The summed E-state index contributed by atoms with van der Waals surface area (Å²) in [6, 6.07) is -3.51. The molecule has 2 amide bonds. The van der Waals surface area contributed by atoms with Crippen LogP contribution in [0.25, 0.3) is 0 Å². The van der Waals surface area contributed by atoms with Gasteiger partial charge in [-0.25, -0.2) is 4.79 Å². The summed E-state index contributed by atoms with van der Waals surface area (Å²) in [6.07, 6.45) is -46.7. The Morgan fingerprint density at radius 2 is 1.10 bits per heavy atom. The lowest BCUT2D eigenvalue weighted by Crippen LogP contribution is -2.71. The van der Waals surface area contributed by atoms with Crippen LogP contribution in [-0.2, 0) is 61.8 Å². The molecule has 0 aliphatic carbocycles. The number of rotatable bonds is 23. The molecule has 19 N–H and O–H groups in total. The number of carbonyl (C=O) groups excluding carboxylic acids is 3. The molecular weight excluding hydrogens is 976 g/mol. The van der Waals surface area contributed by atoms with Crippen molar-refractivity contribution in [3.63, 3.8) is 0 Å². The van der Waals surface area contributed by atoms with E-state index < -0.39 is 223 Å². The number of ether oxygens (including phenoxy) is 9. The molecule has 0 saturated carbocycles. The van der Waals surface area contributed by atoms with Crippen LogP contribution in [0.4, 0.5) is 0 Å². The Labute approximate surface area is 402 Å². The van der Waals surface area contributed by atoms with Gasteiger partial charge in [-0.05, 0) is 0 Å². The second-order valence-corrected chi connectivity index (χ2v) is 17.2. The van der Waals surface area contributed by atoms with Crippen molar-refractivity contribution in [2.24, 2.45) is 0 Å². The first-order chi connectivity index (χ1) is 33.3. The Morgan fingerprint density at radius 1 is 0.606 bits per heavy atom. The number of carboxylic acid groups (broad SMARTS) is 1. The van der Waals surface area contributed by atoms with Crippen LogP contribution < -0.4 is 10.6 Å². The monoisotopic (exact) mass is 1040 g/mol. The lowest BCUT2D eigenvalue weighted by molar-refractivity contribution is -0.388. The van der Waals surface area contributed by atoms with Gasteiger partial charge in [-0.15, -0.1) is 0 Å². The predicted molar refractivity (Wildman–Crippen MR) is 219 cm³/mol. The van der Waals surface area contributed by atoms with E-state index in [1.165, 1.54) is 0 Å². The number of nitrogens with one attached hydrogen (secondary N) is 2. The Balaban J connectivity index is 1.68. The molecule has 71 heavy (non-hydrogen) atoms. The maximum Gasteiger partial charge on any atom is 0.364 e. The molecule has 0 radical (unpaired) electrons. The van der Waals surface area contributed by atoms with Gasteiger partial charge in [0, 0.05) is 20.8 Å². The Hall–Kier alpha value is -3.08. The highest BCUT2D eigenvalue weighted by Crippen LogP contribution is 2.40. The zero-order valence-electron chi connectivity index (χ0n) is 38.2. The summed E-state index contributed by atoms with van der Waals surface area (Å²) in [5.74, 6) is -8.10. The standard InChI is InChI=1S/C39H66N2O30/c1-11(48)40-21-17(63-13(3)50)4-39(38(61)62,70-32(21)24(55)15(52)6-43)71-34-26(57)19(9-46)65-37(29(34)60)68-31-20(10-47)66-35(22(27(31)58)41-12(2)49)69-33-25(56)18(8-45)64-36(28(33)59)67-30(16(53)7-44)23(54)14(51)5-42/h14-37,42-47,51-60H,4-10H2,1-3H3,(H,40,48)(H,41,49)(H,61,62)/t14-,15+,16+,17-,18+,19+,20+,21+,22+,23+,24+,25-,26-,27+,28+,29+,30+,31+,32+,33-,34-,35-,36-,37-,39-/m0/s1. The van der Waals surface area contributed by atoms with Crippen LogP contribution in [0.5, 0.6) is 0 Å². The van der Waals surface area contributed by atoms with Gasteiger partial charge >= 0.3 is 11.9 Å². The van der Waals surface area contributed by atoms with E-state index in [1.807, 2.05) is 0 Å². The molecule has 0 aromatic heterocycles. The molecular formula is C39H66N2O30. The molecule has 4 saturated heterocycles. The van der Waals surface area contributed by atoms with Crippen molar-refractivity contribution in [2.75, 3.05) is 39.6 Å². The molecule has 4 aliphatic heterocycles. The summed E-state index contributed by atoms with van der Waals surface area (Å²) < 4.78 is 50.7. The first-order valence-electron chi connectivity index (χ1n) is 22.0. The number of carboxylic acids is 1. The normalized spacial score (nSPS) is 40.3. The minimum Gasteiger partial charge on any atom is -0.477 e. The van der Waals surface area contributed by atoms with Gasteiger partial charge in [0.15, 0.2) is 18.9 Å². The lowest BCUT2D eigenvalue weighted by atomic mass is 9.87. The highest BCUT2D eigenvalue weighted by atomic mass is 16.8. The smallest absolute Gasteiger partial charge is 0.364 e. The molecule has 4 aliphatic rings. The van der Waals surface area contributed by atoms with E-state index in [9.17, 15) is 106 Å². The molecule has 0 aromatic rings. The van der Waals surface area contributed by atoms with Gasteiger partial charge < -0.3 is 140 Å². The summed E-state index contributed by atoms with van der Waals surface area (Å²) in [5, 5.41) is 184. The van der Waals surface area contributed by atoms with E-state index in [2.05, 4.69) is 10.6 Å². The summed E-state index contributed by atoms with van der Waals surface area (Å²) >= 11 is 0. The van der Waals surface area contributed by atoms with Crippen molar-refractivity contribution in [1.82, 2.24) is 10.6 Å². The Kier molecular flexibility index (Phi) is 22.5. The topological polar surface area (TPSA) is 519 Å². The summed E-state index contributed by atoms with van der Waals surface area (Å²) in [6.45, 7) is -3.78. The third-order valence-electron chi connectivity index (χ3n) is 12.0. The van der Waals surface area contributed by atoms with Crippen LogP contribution >= 0.6 is 0 Å². The Bertz CT molecular complexity index is 1720. The molecule has 4 fully saturated rings. The third kappa shape index (κ3) is 14.0. The van der Waals surface area contributed by atoms with Gasteiger partial charge in [-0.2, -0.15) is 0 Å². The molecule has 0 aromatic carbocycles. The Morgan fingerprint density at radius 3 is 1.61 bits per heavy atom. The average molecular weight is 1040 g/mol. The van der Waals surface area contributed by atoms with Gasteiger partial charge in [0.25, 0.3) is 5.79 Å². The van der Waals surface area contributed by atoms with E-state index in [1.54, 1.807) is 0 Å². The fraction of sp³-hybridized carbons (Fsp3) is 0.897. The van der Waals surface area contributed by atoms with Gasteiger partial charge in [0.2, 0.25) is 11.8 Å². The van der Waals surface area contributed by atoms with Crippen molar-refractivity contribution in [1.29, 1.82) is 0 Å². The van der Waals surface area contributed by atoms with Crippen molar-refractivity contribution in [3.05, 3.63) is 0 Å². The van der Waals surface area contributed by atoms with Crippen molar-refractivity contribution >= 4 is 23.8 Å². The quantitative estimate of drug-likeness (QED) is 0.0423. The van der Waals surface area contributed by atoms with Crippen LogP contribution in [0, 0.1) is 0 Å². The van der Waals surface area contributed by atoms with Crippen LogP contribution in [0.2, 0.25) is 0 Å². The van der Waals surface area contributed by atoms with Gasteiger partial charge in [0.05, 0.1) is 52.1 Å². The molecule has 0 spiro atoms. The van der Waals surface area contributed by atoms with Crippen molar-refractivity contribution in [3.8, 4) is 0 Å². The number of hydrogen-bond donors (Lipinski definition) is 19. The lowest BCUT2D eigenvalue weighted by Gasteiger charge is -2.51. The molecule has 4 heterocycles. The summed E-state index contributed by atoms with van der Waals surface area (Å²) in [4.78, 5) is 50.2.